The zero-order chi connectivity index (χ0) is 17.3. The molecular weight excluding hydrogens is 420 g/mol. The number of nitrogens with one attached hydrogen (secondary N) is 1. The normalized spacial score (nSPS) is 23.4. The van der Waals surface area contributed by atoms with E-state index >= 15 is 0 Å². The maximum Gasteiger partial charge on any atom is 0.323 e. The molecule has 1 atom stereocenters. The number of carbonyl (C=O) groups excluding carboxylic acids is 1. The second-order valence-electron chi connectivity index (χ2n) is 5.98. The summed E-state index contributed by atoms with van der Waals surface area (Å²) in [6, 6.07) is 4.35. The number of esters is 1. The highest BCUT2D eigenvalue weighted by atomic mass is 79.9. The van der Waals surface area contributed by atoms with Crippen LogP contribution in [-0.4, -0.2) is 51.1 Å². The van der Waals surface area contributed by atoms with Gasteiger partial charge in [0, 0.05) is 30.0 Å². The molecule has 2 heterocycles. The van der Waals surface area contributed by atoms with E-state index in [-0.39, 0.29) is 28.0 Å². The number of nitrogens with zero attached hydrogens (tertiary/aromatic N) is 1. The summed E-state index contributed by atoms with van der Waals surface area (Å²) in [5.41, 5.74) is 0. The largest absolute Gasteiger partial charge is 0.464 e. The van der Waals surface area contributed by atoms with Gasteiger partial charge in [-0.2, -0.15) is 0 Å². The Kier molecular flexibility index (Phi) is 5.51. The Balaban J connectivity index is 1.62. The number of ether oxygens (including phenoxy) is 1. The third kappa shape index (κ3) is 3.94. The monoisotopic (exact) mass is 436 g/mol. The maximum absolute atomic E-state index is 12.5. The van der Waals surface area contributed by atoms with Crippen molar-refractivity contribution in [3.8, 4) is 0 Å². The molecule has 1 aromatic rings. The van der Waals surface area contributed by atoms with Gasteiger partial charge in [0.1, 0.15) is 10.9 Å². The van der Waals surface area contributed by atoms with Crippen molar-refractivity contribution in [2.75, 3.05) is 19.7 Å². The number of hydrogen-bond donors (Lipinski definition) is 1. The van der Waals surface area contributed by atoms with Gasteiger partial charge in [-0.3, -0.25) is 9.69 Å². The molecule has 2 fully saturated rings. The molecule has 1 aromatic carbocycles. The Morgan fingerprint density at radius 1 is 1.25 bits per heavy atom. The highest BCUT2D eigenvalue weighted by molar-refractivity contribution is 9.10. The van der Waals surface area contributed by atoms with E-state index in [0.717, 1.165) is 4.47 Å². The van der Waals surface area contributed by atoms with Gasteiger partial charge in [-0.05, 0) is 31.0 Å². The molecule has 3 rings (SSSR count). The van der Waals surface area contributed by atoms with Crippen LogP contribution in [0.5, 0.6) is 0 Å². The molecule has 2 aliphatic heterocycles. The van der Waals surface area contributed by atoms with Gasteiger partial charge in [0.15, 0.2) is 0 Å². The summed E-state index contributed by atoms with van der Waals surface area (Å²) in [4.78, 5) is 13.8. The highest BCUT2D eigenvalue weighted by Gasteiger charge is 2.35. The van der Waals surface area contributed by atoms with E-state index in [1.165, 1.54) is 6.07 Å². The van der Waals surface area contributed by atoms with Gasteiger partial charge in [0.25, 0.3) is 0 Å². The second-order valence-corrected chi connectivity index (χ2v) is 8.98. The van der Waals surface area contributed by atoms with Gasteiger partial charge >= 0.3 is 5.97 Å². The lowest BCUT2D eigenvalue weighted by molar-refractivity contribution is -0.142. The number of benzene rings is 1. The van der Waals surface area contributed by atoms with Gasteiger partial charge in [0.05, 0.1) is 11.6 Å². The fraction of sp³-hybridized carbons (Fsp3) is 0.533. The second kappa shape index (κ2) is 7.29. The highest BCUT2D eigenvalue weighted by Crippen LogP contribution is 2.26. The Morgan fingerprint density at radius 2 is 1.96 bits per heavy atom. The van der Waals surface area contributed by atoms with Crippen LogP contribution < -0.4 is 4.72 Å². The molecule has 0 bridgehead atoms. The van der Waals surface area contributed by atoms with Crippen molar-refractivity contribution >= 4 is 43.5 Å². The van der Waals surface area contributed by atoms with E-state index in [1.807, 2.05) is 0 Å². The van der Waals surface area contributed by atoms with Crippen LogP contribution in [0.3, 0.4) is 0 Å². The number of halogens is 2. The minimum atomic E-state index is -3.67. The van der Waals surface area contributed by atoms with Gasteiger partial charge in [-0.25, -0.2) is 13.1 Å². The number of piperidine rings is 1. The lowest BCUT2D eigenvalue weighted by Gasteiger charge is -2.34. The van der Waals surface area contributed by atoms with E-state index in [9.17, 15) is 13.2 Å². The zero-order valence-corrected chi connectivity index (χ0v) is 16.0. The average Bonchev–Trinajstić information content (AvgIpc) is 2.93. The van der Waals surface area contributed by atoms with Crippen molar-refractivity contribution in [2.45, 2.75) is 36.2 Å². The van der Waals surface area contributed by atoms with Crippen LogP contribution >= 0.6 is 27.5 Å². The van der Waals surface area contributed by atoms with Crippen molar-refractivity contribution in [3.63, 3.8) is 0 Å². The predicted octanol–water partition coefficient (Wildman–Crippen LogP) is 2.16. The SMILES string of the molecule is O=C1OCC[C@@H]1N1CCC(NS(=O)(=O)c2ccc(Br)cc2Cl)CC1. The van der Waals surface area contributed by atoms with Crippen molar-refractivity contribution in [1.82, 2.24) is 9.62 Å². The molecule has 0 amide bonds. The summed E-state index contributed by atoms with van der Waals surface area (Å²) < 4.78 is 33.5. The quantitative estimate of drug-likeness (QED) is 0.731. The number of sulfonamides is 1. The summed E-state index contributed by atoms with van der Waals surface area (Å²) in [5.74, 6) is -0.171. The molecule has 0 aromatic heterocycles. The van der Waals surface area contributed by atoms with Crippen LogP contribution in [0.1, 0.15) is 19.3 Å². The minimum absolute atomic E-state index is 0.0779. The molecule has 1 N–H and O–H groups in total. The summed E-state index contributed by atoms with van der Waals surface area (Å²) in [6.45, 7) is 1.81. The Hall–Kier alpha value is -0.670. The summed E-state index contributed by atoms with van der Waals surface area (Å²) in [5, 5.41) is 0.183. The third-order valence-electron chi connectivity index (χ3n) is 4.38. The zero-order valence-electron chi connectivity index (χ0n) is 12.9. The lowest BCUT2D eigenvalue weighted by Crippen LogP contribution is -2.49. The van der Waals surface area contributed by atoms with E-state index < -0.39 is 10.0 Å². The Bertz CT molecular complexity index is 735. The van der Waals surface area contributed by atoms with E-state index in [0.29, 0.717) is 39.0 Å². The Morgan fingerprint density at radius 3 is 2.54 bits per heavy atom. The number of rotatable bonds is 4. The molecule has 0 radical (unpaired) electrons. The first kappa shape index (κ1) is 18.1. The molecule has 0 unspecified atom stereocenters. The third-order valence-corrected chi connectivity index (χ3v) is 6.88. The molecule has 0 aliphatic carbocycles. The average molecular weight is 438 g/mol. The number of carbonyl (C=O) groups is 1. The van der Waals surface area contributed by atoms with E-state index in [2.05, 4.69) is 25.6 Å². The molecule has 2 aliphatic rings. The minimum Gasteiger partial charge on any atom is -0.464 e. The fourth-order valence-corrected chi connectivity index (χ4v) is 5.46. The van der Waals surface area contributed by atoms with Crippen LogP contribution in [0.4, 0.5) is 0 Å². The van der Waals surface area contributed by atoms with E-state index in [1.54, 1.807) is 12.1 Å². The van der Waals surface area contributed by atoms with Gasteiger partial charge in [-0.15, -0.1) is 0 Å². The molecule has 0 spiro atoms. The Labute approximate surface area is 154 Å². The van der Waals surface area contributed by atoms with Crippen molar-refractivity contribution in [1.29, 1.82) is 0 Å². The summed E-state index contributed by atoms with van der Waals surface area (Å²) in [7, 11) is -3.67. The van der Waals surface area contributed by atoms with Crippen molar-refractivity contribution in [3.05, 3.63) is 27.7 Å². The van der Waals surface area contributed by atoms with Crippen LogP contribution in [0, 0.1) is 0 Å². The topological polar surface area (TPSA) is 75.7 Å². The molecule has 2 saturated heterocycles. The van der Waals surface area contributed by atoms with Crippen LogP contribution in [0.15, 0.2) is 27.6 Å². The summed E-state index contributed by atoms with van der Waals surface area (Å²) >= 11 is 9.31. The van der Waals surface area contributed by atoms with Crippen LogP contribution in [0.25, 0.3) is 0 Å². The van der Waals surface area contributed by atoms with Gasteiger partial charge < -0.3 is 4.74 Å². The molecule has 24 heavy (non-hydrogen) atoms. The van der Waals surface area contributed by atoms with Crippen molar-refractivity contribution < 1.29 is 17.9 Å². The first-order valence-electron chi connectivity index (χ1n) is 7.75. The number of hydrogen-bond acceptors (Lipinski definition) is 5. The van der Waals surface area contributed by atoms with Crippen LogP contribution in [-0.2, 0) is 19.6 Å². The maximum atomic E-state index is 12.5. The van der Waals surface area contributed by atoms with Crippen molar-refractivity contribution in [2.24, 2.45) is 0 Å². The predicted molar refractivity (Wildman–Crippen MR) is 93.4 cm³/mol. The number of likely N-dealkylation sites (tertiary alicyclic amines) is 1. The molecule has 6 nitrogen and oxygen atoms in total. The molecule has 0 saturated carbocycles. The number of cyclic esters (lactones) is 1. The standard InChI is InChI=1S/C15H18BrClN2O4S/c16-10-1-2-14(12(17)9-10)24(21,22)18-11-3-6-19(7-4-11)13-5-8-23-15(13)20/h1-2,9,11,13,18H,3-8H2/t13-/m0/s1. The van der Waals surface area contributed by atoms with Gasteiger partial charge in [-0.1, -0.05) is 27.5 Å². The first-order valence-corrected chi connectivity index (χ1v) is 10.4. The first-order chi connectivity index (χ1) is 11.4. The van der Waals surface area contributed by atoms with E-state index in [4.69, 9.17) is 16.3 Å². The smallest absolute Gasteiger partial charge is 0.323 e. The van der Waals surface area contributed by atoms with Crippen LogP contribution in [0.2, 0.25) is 5.02 Å². The van der Waals surface area contributed by atoms with Gasteiger partial charge in [0.2, 0.25) is 10.0 Å². The fourth-order valence-electron chi connectivity index (χ4n) is 3.12. The molecule has 132 valence electrons. The lowest BCUT2D eigenvalue weighted by atomic mass is 10.0. The summed E-state index contributed by atoms with van der Waals surface area (Å²) in [6.07, 6.45) is 2.01. The molecule has 9 heteroatoms. The molecular formula is C15H18BrClN2O4S.